The highest BCUT2D eigenvalue weighted by Crippen LogP contribution is 2.34. The number of aromatic amines is 1. The lowest BCUT2D eigenvalue weighted by Gasteiger charge is -2.12. The smallest absolute Gasteiger partial charge is 0.248 e. The van der Waals surface area contributed by atoms with Gasteiger partial charge in [-0.3, -0.25) is 4.79 Å². The molecule has 2 rings (SSSR count). The van der Waals surface area contributed by atoms with Crippen LogP contribution >= 0.6 is 15.9 Å². The van der Waals surface area contributed by atoms with Gasteiger partial charge in [0.25, 0.3) is 0 Å². The molecule has 0 amide bonds. The minimum atomic E-state index is -0.143. The zero-order valence-electron chi connectivity index (χ0n) is 11.4. The van der Waals surface area contributed by atoms with E-state index < -0.39 is 0 Å². The molecule has 1 N–H and O–H groups in total. The van der Waals surface area contributed by atoms with Gasteiger partial charge in [-0.2, -0.15) is 0 Å². The van der Waals surface area contributed by atoms with Crippen LogP contribution in [0, 0.1) is 0 Å². The summed E-state index contributed by atoms with van der Waals surface area (Å²) in [4.78, 5) is 14.3. The second kappa shape index (κ2) is 6.61. The Kier molecular flexibility index (Phi) is 4.84. The third-order valence-corrected chi connectivity index (χ3v) is 3.44. The first-order valence-electron chi connectivity index (χ1n) is 6.35. The summed E-state index contributed by atoms with van der Waals surface area (Å²) in [6, 6.07) is 8.78. The van der Waals surface area contributed by atoms with E-state index in [1.54, 1.807) is 13.2 Å². The molecule has 0 atom stereocenters. The van der Waals surface area contributed by atoms with E-state index in [4.69, 9.17) is 9.47 Å². The number of benzene rings is 1. The lowest BCUT2D eigenvalue weighted by molar-refractivity contribution is 0.294. The van der Waals surface area contributed by atoms with E-state index >= 15 is 0 Å². The van der Waals surface area contributed by atoms with E-state index in [9.17, 15) is 4.79 Å². The summed E-state index contributed by atoms with van der Waals surface area (Å²) < 4.78 is 11.8. The van der Waals surface area contributed by atoms with Crippen molar-refractivity contribution in [1.29, 1.82) is 0 Å². The van der Waals surface area contributed by atoms with E-state index in [2.05, 4.69) is 20.9 Å². The van der Waals surface area contributed by atoms with Crippen molar-refractivity contribution in [2.75, 3.05) is 13.7 Å². The Bertz CT molecular complexity index is 652. The number of hydrogen-bond donors (Lipinski definition) is 1. The molecular weight excluding hydrogens is 322 g/mol. The van der Waals surface area contributed by atoms with Crippen LogP contribution in [0.15, 0.2) is 39.6 Å². The van der Waals surface area contributed by atoms with Crippen molar-refractivity contribution in [3.8, 4) is 22.8 Å². The molecule has 0 spiro atoms. The zero-order chi connectivity index (χ0) is 14.5. The third-order valence-electron chi connectivity index (χ3n) is 2.78. The van der Waals surface area contributed by atoms with Gasteiger partial charge < -0.3 is 14.5 Å². The lowest BCUT2D eigenvalue weighted by atomic mass is 10.1. The Labute approximate surface area is 125 Å². The summed E-state index contributed by atoms with van der Waals surface area (Å²) in [5.41, 5.74) is 1.44. The van der Waals surface area contributed by atoms with Crippen LogP contribution in [0.4, 0.5) is 0 Å². The molecule has 4 nitrogen and oxygen atoms in total. The van der Waals surface area contributed by atoms with Gasteiger partial charge in [-0.15, -0.1) is 0 Å². The fraction of sp³-hybridized carbons (Fsp3) is 0.267. The highest BCUT2D eigenvalue weighted by molar-refractivity contribution is 9.10. The average molecular weight is 338 g/mol. The summed E-state index contributed by atoms with van der Waals surface area (Å²) in [6.07, 6.45) is 0.916. The molecule has 0 aliphatic carbocycles. The summed E-state index contributed by atoms with van der Waals surface area (Å²) in [7, 11) is 1.61. The van der Waals surface area contributed by atoms with Crippen molar-refractivity contribution in [1.82, 2.24) is 4.98 Å². The number of methoxy groups -OCH3 is 1. The third kappa shape index (κ3) is 3.22. The largest absolute Gasteiger partial charge is 0.493 e. The summed E-state index contributed by atoms with van der Waals surface area (Å²) in [5, 5.41) is 0. The molecule has 0 saturated heterocycles. The van der Waals surface area contributed by atoms with Crippen molar-refractivity contribution in [2.24, 2.45) is 0 Å². The predicted molar refractivity (Wildman–Crippen MR) is 82.5 cm³/mol. The molecular formula is C15H16BrNO3. The summed E-state index contributed by atoms with van der Waals surface area (Å²) in [5.74, 6) is 1.35. The minimum absolute atomic E-state index is 0.143. The van der Waals surface area contributed by atoms with Gasteiger partial charge in [-0.25, -0.2) is 0 Å². The molecule has 0 aliphatic rings. The van der Waals surface area contributed by atoms with Crippen molar-refractivity contribution >= 4 is 15.9 Å². The highest BCUT2D eigenvalue weighted by Gasteiger charge is 2.10. The Morgan fingerprint density at radius 2 is 2.00 bits per heavy atom. The van der Waals surface area contributed by atoms with Crippen LogP contribution in [0.2, 0.25) is 0 Å². The average Bonchev–Trinajstić information content (AvgIpc) is 2.47. The highest BCUT2D eigenvalue weighted by atomic mass is 79.9. The first-order chi connectivity index (χ1) is 9.65. The predicted octanol–water partition coefficient (Wildman–Crippen LogP) is 3.60. The summed E-state index contributed by atoms with van der Waals surface area (Å²) >= 11 is 3.44. The molecule has 0 aliphatic heterocycles. The topological polar surface area (TPSA) is 51.3 Å². The van der Waals surface area contributed by atoms with Crippen LogP contribution in [-0.4, -0.2) is 18.7 Å². The van der Waals surface area contributed by atoms with Crippen LogP contribution in [0.1, 0.15) is 13.3 Å². The maximum absolute atomic E-state index is 11.5. The first-order valence-corrected chi connectivity index (χ1v) is 7.15. The van der Waals surface area contributed by atoms with Crippen LogP contribution in [0.3, 0.4) is 0 Å². The van der Waals surface area contributed by atoms with Crippen molar-refractivity contribution in [3.63, 3.8) is 0 Å². The maximum Gasteiger partial charge on any atom is 0.248 e. The Balaban J connectivity index is 2.46. The van der Waals surface area contributed by atoms with Crippen molar-refractivity contribution in [3.05, 3.63) is 45.2 Å². The lowest BCUT2D eigenvalue weighted by Crippen LogP contribution is -2.05. The SMILES string of the molecule is CCCOc1cc(-c2[nH]c(=O)ccc2Br)ccc1OC. The number of aromatic nitrogens is 1. The molecule has 20 heavy (non-hydrogen) atoms. The molecule has 2 aromatic rings. The molecule has 0 fully saturated rings. The molecule has 106 valence electrons. The van der Waals surface area contributed by atoms with Gasteiger partial charge in [0.1, 0.15) is 0 Å². The molecule has 0 radical (unpaired) electrons. The van der Waals surface area contributed by atoms with Gasteiger partial charge in [0.15, 0.2) is 11.5 Å². The second-order valence-corrected chi connectivity index (χ2v) is 5.11. The first kappa shape index (κ1) is 14.7. The van der Waals surface area contributed by atoms with Gasteiger partial charge in [0, 0.05) is 16.1 Å². The van der Waals surface area contributed by atoms with Gasteiger partial charge in [0.05, 0.1) is 19.4 Å². The number of pyridine rings is 1. The number of rotatable bonds is 5. The van der Waals surface area contributed by atoms with E-state index in [0.717, 1.165) is 22.2 Å². The maximum atomic E-state index is 11.5. The fourth-order valence-electron chi connectivity index (χ4n) is 1.82. The molecule has 0 saturated carbocycles. The number of hydrogen-bond acceptors (Lipinski definition) is 3. The molecule has 1 aromatic heterocycles. The second-order valence-electron chi connectivity index (χ2n) is 4.26. The standard InChI is InChI=1S/C15H16BrNO3/c1-3-8-20-13-9-10(4-6-12(13)19-2)15-11(16)5-7-14(18)17-15/h4-7,9H,3,8H2,1-2H3,(H,17,18). The Hall–Kier alpha value is -1.75. The van der Waals surface area contributed by atoms with Crippen LogP contribution < -0.4 is 15.0 Å². The van der Waals surface area contributed by atoms with Crippen molar-refractivity contribution < 1.29 is 9.47 Å². The van der Waals surface area contributed by atoms with Gasteiger partial charge >= 0.3 is 0 Å². The fourth-order valence-corrected chi connectivity index (χ4v) is 2.28. The Morgan fingerprint density at radius 1 is 1.20 bits per heavy atom. The van der Waals surface area contributed by atoms with E-state index in [-0.39, 0.29) is 5.56 Å². The number of ether oxygens (including phenoxy) is 2. The van der Waals surface area contributed by atoms with E-state index in [1.807, 2.05) is 25.1 Å². The molecule has 1 aromatic carbocycles. The van der Waals surface area contributed by atoms with Crippen LogP contribution in [-0.2, 0) is 0 Å². The zero-order valence-corrected chi connectivity index (χ0v) is 13.0. The Morgan fingerprint density at radius 3 is 2.70 bits per heavy atom. The molecule has 0 unspecified atom stereocenters. The number of nitrogens with one attached hydrogen (secondary N) is 1. The minimum Gasteiger partial charge on any atom is -0.493 e. The van der Waals surface area contributed by atoms with Gasteiger partial charge in [0.2, 0.25) is 5.56 Å². The molecule has 5 heteroatoms. The molecule has 0 bridgehead atoms. The van der Waals surface area contributed by atoms with Crippen LogP contribution in [0.25, 0.3) is 11.3 Å². The van der Waals surface area contributed by atoms with Crippen molar-refractivity contribution in [2.45, 2.75) is 13.3 Å². The molecule has 1 heterocycles. The quantitative estimate of drug-likeness (QED) is 0.906. The number of halogens is 1. The number of H-pyrrole nitrogens is 1. The van der Waals surface area contributed by atoms with Crippen LogP contribution in [0.5, 0.6) is 11.5 Å². The monoisotopic (exact) mass is 337 g/mol. The van der Waals surface area contributed by atoms with E-state index in [1.165, 1.54) is 6.07 Å². The van der Waals surface area contributed by atoms with Gasteiger partial charge in [-0.1, -0.05) is 6.92 Å². The summed E-state index contributed by atoms with van der Waals surface area (Å²) in [6.45, 7) is 2.66. The van der Waals surface area contributed by atoms with Gasteiger partial charge in [-0.05, 0) is 46.6 Å². The van der Waals surface area contributed by atoms with E-state index in [0.29, 0.717) is 18.1 Å². The normalized spacial score (nSPS) is 10.3.